The van der Waals surface area contributed by atoms with Gasteiger partial charge in [-0.2, -0.15) is 0 Å². The van der Waals surface area contributed by atoms with E-state index in [0.29, 0.717) is 23.1 Å². The molecule has 0 atom stereocenters. The quantitative estimate of drug-likeness (QED) is 0.364. The maximum Gasteiger partial charge on any atom is 0.270 e. The molecule has 2 aliphatic rings. The zero-order valence-corrected chi connectivity index (χ0v) is 24.1. The van der Waals surface area contributed by atoms with Crippen molar-refractivity contribution in [2.24, 2.45) is 0 Å². The van der Waals surface area contributed by atoms with Crippen LogP contribution in [0, 0.1) is 0 Å². The van der Waals surface area contributed by atoms with Crippen LogP contribution in [0.1, 0.15) is 25.1 Å². The van der Waals surface area contributed by atoms with Gasteiger partial charge in [-0.15, -0.1) is 23.1 Å². The van der Waals surface area contributed by atoms with Crippen molar-refractivity contribution in [2.75, 3.05) is 56.0 Å². The molecule has 1 fully saturated rings. The second kappa shape index (κ2) is 11.8. The SMILES string of the molecule is CCOCCN(c1cccc2cc(-c3ncc(CN4CCN(C(C)=O)CC4)s3)[nH]c12)S(=O)(=O)C1=CCCS1. The van der Waals surface area contributed by atoms with Gasteiger partial charge in [0.2, 0.25) is 5.91 Å². The number of aromatic amines is 1. The number of allylic oxidation sites excluding steroid dienone is 1. The first-order valence-electron chi connectivity index (χ1n) is 12.8. The van der Waals surface area contributed by atoms with Crippen molar-refractivity contribution >= 4 is 55.6 Å². The number of benzene rings is 1. The van der Waals surface area contributed by atoms with Crippen molar-refractivity contribution in [3.63, 3.8) is 0 Å². The van der Waals surface area contributed by atoms with Crippen LogP contribution in [0.2, 0.25) is 0 Å². The number of nitrogens with zero attached hydrogens (tertiary/aromatic N) is 4. The molecule has 1 amide bonds. The van der Waals surface area contributed by atoms with Crippen LogP contribution in [0.5, 0.6) is 0 Å². The number of piperazine rings is 1. The fourth-order valence-corrected chi connectivity index (χ4v) is 8.74. The van der Waals surface area contributed by atoms with E-state index in [1.165, 1.54) is 16.1 Å². The minimum atomic E-state index is -3.69. The Bertz CT molecular complexity index is 1420. The summed E-state index contributed by atoms with van der Waals surface area (Å²) in [6.07, 6.45) is 4.48. The number of carbonyl (C=O) groups is 1. The molecule has 2 aromatic heterocycles. The lowest BCUT2D eigenvalue weighted by Crippen LogP contribution is -2.47. The standard InChI is InChI=1S/C26H33N5O4S3/c1-3-35-14-13-31(38(33,34)24-8-5-15-36-24)23-7-4-6-20-16-22(28-25(20)23)26-27-17-21(37-26)18-29-9-11-30(12-10-29)19(2)32/h4,6-8,16-17,28H,3,5,9-15,18H2,1-2H3. The summed E-state index contributed by atoms with van der Waals surface area (Å²) in [7, 11) is -3.69. The number of carbonyl (C=O) groups excluding carboxylic acids is 1. The Kier molecular flexibility index (Phi) is 8.44. The van der Waals surface area contributed by atoms with Gasteiger partial charge in [-0.3, -0.25) is 14.0 Å². The number of fused-ring (bicyclic) bond motifs is 1. The average molecular weight is 576 g/mol. The highest BCUT2D eigenvalue weighted by atomic mass is 32.3. The average Bonchev–Trinajstić information content (AvgIpc) is 3.68. The molecule has 204 valence electrons. The normalized spacial score (nSPS) is 16.8. The molecule has 0 unspecified atom stereocenters. The number of ether oxygens (including phenoxy) is 1. The molecule has 1 aromatic carbocycles. The molecule has 5 rings (SSSR count). The Morgan fingerprint density at radius 2 is 2.05 bits per heavy atom. The summed E-state index contributed by atoms with van der Waals surface area (Å²) in [5.74, 6) is 0.912. The van der Waals surface area contributed by atoms with Gasteiger partial charge >= 0.3 is 0 Å². The molecule has 1 N–H and O–H groups in total. The van der Waals surface area contributed by atoms with E-state index in [9.17, 15) is 13.2 Å². The predicted molar refractivity (Wildman–Crippen MR) is 155 cm³/mol. The summed E-state index contributed by atoms with van der Waals surface area (Å²) in [6, 6.07) is 7.76. The van der Waals surface area contributed by atoms with Gasteiger partial charge in [-0.1, -0.05) is 18.2 Å². The second-order valence-electron chi connectivity index (χ2n) is 9.27. The second-order valence-corrected chi connectivity index (χ2v) is 13.6. The van der Waals surface area contributed by atoms with Crippen LogP contribution >= 0.6 is 23.1 Å². The number of thioether (sulfide) groups is 1. The fourth-order valence-electron chi connectivity index (χ4n) is 4.76. The van der Waals surface area contributed by atoms with Gasteiger partial charge in [-0.05, 0) is 25.5 Å². The van der Waals surface area contributed by atoms with Crippen LogP contribution in [0.4, 0.5) is 5.69 Å². The lowest BCUT2D eigenvalue weighted by Gasteiger charge is -2.33. The molecular weight excluding hydrogens is 543 g/mol. The van der Waals surface area contributed by atoms with E-state index in [0.717, 1.165) is 71.4 Å². The van der Waals surface area contributed by atoms with Crippen molar-refractivity contribution in [1.29, 1.82) is 0 Å². The van der Waals surface area contributed by atoms with Crippen molar-refractivity contribution in [2.45, 2.75) is 26.8 Å². The molecule has 2 aliphatic heterocycles. The highest BCUT2D eigenvalue weighted by molar-refractivity contribution is 8.19. The first-order valence-corrected chi connectivity index (χ1v) is 16.1. The highest BCUT2D eigenvalue weighted by Gasteiger charge is 2.31. The van der Waals surface area contributed by atoms with Gasteiger partial charge in [-0.25, -0.2) is 13.4 Å². The number of thiazole rings is 1. The summed E-state index contributed by atoms with van der Waals surface area (Å²) < 4.78 is 34.7. The fraction of sp³-hybridized carbons (Fsp3) is 0.462. The largest absolute Gasteiger partial charge is 0.380 e. The zero-order valence-electron chi connectivity index (χ0n) is 21.7. The zero-order chi connectivity index (χ0) is 26.7. The Labute approximate surface area is 231 Å². The number of nitrogens with one attached hydrogen (secondary N) is 1. The molecule has 0 aliphatic carbocycles. The molecule has 0 radical (unpaired) electrons. The lowest BCUT2D eigenvalue weighted by atomic mass is 10.2. The number of aromatic nitrogens is 2. The van der Waals surface area contributed by atoms with Crippen LogP contribution in [0.3, 0.4) is 0 Å². The maximum atomic E-state index is 13.6. The van der Waals surface area contributed by atoms with Gasteiger partial charge in [0, 0.05) is 68.5 Å². The van der Waals surface area contributed by atoms with Gasteiger partial charge in [0.25, 0.3) is 10.0 Å². The van der Waals surface area contributed by atoms with Crippen molar-refractivity contribution in [3.05, 3.63) is 45.7 Å². The summed E-state index contributed by atoms with van der Waals surface area (Å²) in [6.45, 7) is 8.61. The number of para-hydroxylation sites is 1. The van der Waals surface area contributed by atoms with E-state index in [-0.39, 0.29) is 12.5 Å². The van der Waals surface area contributed by atoms with Gasteiger partial charge < -0.3 is 14.6 Å². The Hall–Kier alpha value is -2.38. The number of anilines is 1. The van der Waals surface area contributed by atoms with E-state index < -0.39 is 10.0 Å². The molecular formula is C26H33N5O4S3. The molecule has 0 saturated carbocycles. The first-order chi connectivity index (χ1) is 18.4. The highest BCUT2D eigenvalue weighted by Crippen LogP contribution is 2.38. The van der Waals surface area contributed by atoms with Crippen LogP contribution < -0.4 is 4.31 Å². The topological polar surface area (TPSA) is 98.8 Å². The molecule has 12 heteroatoms. The van der Waals surface area contributed by atoms with Gasteiger partial charge in [0.15, 0.2) is 0 Å². The Balaban J connectivity index is 1.39. The molecule has 0 spiro atoms. The lowest BCUT2D eigenvalue weighted by molar-refractivity contribution is -0.130. The number of hydrogen-bond acceptors (Lipinski definition) is 8. The third-order valence-electron chi connectivity index (χ3n) is 6.74. The monoisotopic (exact) mass is 575 g/mol. The third kappa shape index (κ3) is 5.79. The Morgan fingerprint density at radius 1 is 1.24 bits per heavy atom. The van der Waals surface area contributed by atoms with E-state index in [1.807, 2.05) is 48.4 Å². The van der Waals surface area contributed by atoms with Crippen LogP contribution in [0.25, 0.3) is 21.6 Å². The summed E-state index contributed by atoms with van der Waals surface area (Å²) in [5.41, 5.74) is 2.24. The summed E-state index contributed by atoms with van der Waals surface area (Å²) >= 11 is 3.02. The Morgan fingerprint density at radius 3 is 2.76 bits per heavy atom. The molecule has 1 saturated heterocycles. The van der Waals surface area contributed by atoms with Crippen molar-refractivity contribution < 1.29 is 17.9 Å². The van der Waals surface area contributed by atoms with Crippen LogP contribution in [-0.4, -0.2) is 85.8 Å². The summed E-state index contributed by atoms with van der Waals surface area (Å²) in [5, 5.41) is 1.79. The van der Waals surface area contributed by atoms with E-state index >= 15 is 0 Å². The molecule has 0 bridgehead atoms. The first kappa shape index (κ1) is 27.2. The van der Waals surface area contributed by atoms with Crippen LogP contribution in [0.15, 0.2) is 40.8 Å². The number of sulfonamides is 1. The molecule has 38 heavy (non-hydrogen) atoms. The number of amides is 1. The number of hydrogen-bond donors (Lipinski definition) is 1. The maximum absolute atomic E-state index is 13.6. The van der Waals surface area contributed by atoms with E-state index in [1.54, 1.807) is 18.3 Å². The predicted octanol–water partition coefficient (Wildman–Crippen LogP) is 4.11. The van der Waals surface area contributed by atoms with E-state index in [4.69, 9.17) is 4.74 Å². The molecule has 9 nitrogen and oxygen atoms in total. The molecule has 4 heterocycles. The molecule has 3 aromatic rings. The van der Waals surface area contributed by atoms with Crippen LogP contribution in [-0.2, 0) is 26.1 Å². The van der Waals surface area contributed by atoms with Crippen molar-refractivity contribution in [3.8, 4) is 10.7 Å². The number of H-pyrrole nitrogens is 1. The smallest absolute Gasteiger partial charge is 0.270 e. The van der Waals surface area contributed by atoms with Gasteiger partial charge in [0.05, 0.1) is 30.0 Å². The minimum Gasteiger partial charge on any atom is -0.380 e. The van der Waals surface area contributed by atoms with Gasteiger partial charge in [0.1, 0.15) is 9.24 Å². The third-order valence-corrected chi connectivity index (χ3v) is 11.3. The number of rotatable bonds is 10. The summed E-state index contributed by atoms with van der Waals surface area (Å²) in [4.78, 5) is 25.1. The van der Waals surface area contributed by atoms with E-state index in [2.05, 4.69) is 14.9 Å². The van der Waals surface area contributed by atoms with Crippen molar-refractivity contribution in [1.82, 2.24) is 19.8 Å². The minimum absolute atomic E-state index is 0.130.